The zero-order valence-electron chi connectivity index (χ0n) is 19.4. The first-order chi connectivity index (χ1) is 14.7. The van der Waals surface area contributed by atoms with Crippen LogP contribution in [0.4, 0.5) is 0 Å². The molecule has 168 valence electrons. The summed E-state index contributed by atoms with van der Waals surface area (Å²) in [5.74, 6) is 1.60. The highest BCUT2D eigenvalue weighted by Gasteiger charge is 2.26. The summed E-state index contributed by atoms with van der Waals surface area (Å²) in [5, 5.41) is 2.92. The number of amides is 2. The van der Waals surface area contributed by atoms with Gasteiger partial charge < -0.3 is 15.0 Å². The average molecular weight is 443 g/mol. The summed E-state index contributed by atoms with van der Waals surface area (Å²) in [5.41, 5.74) is 4.58. The largest absolute Gasteiger partial charge is 0.497 e. The van der Waals surface area contributed by atoms with Gasteiger partial charge in [0.2, 0.25) is 11.8 Å². The van der Waals surface area contributed by atoms with E-state index < -0.39 is 6.04 Å². The maximum absolute atomic E-state index is 13.2. The average Bonchev–Trinajstić information content (AvgIpc) is 2.70. The van der Waals surface area contributed by atoms with E-state index in [-0.39, 0.29) is 17.9 Å². The third-order valence-corrected chi connectivity index (χ3v) is 5.85. The quantitative estimate of drug-likeness (QED) is 0.589. The molecule has 1 atom stereocenters. The van der Waals surface area contributed by atoms with Crippen LogP contribution in [0.25, 0.3) is 0 Å². The Bertz CT molecular complexity index is 878. The highest BCUT2D eigenvalue weighted by Crippen LogP contribution is 2.19. The van der Waals surface area contributed by atoms with Gasteiger partial charge in [-0.25, -0.2) is 0 Å². The van der Waals surface area contributed by atoms with Crippen LogP contribution in [0.2, 0.25) is 0 Å². The van der Waals surface area contributed by atoms with Crippen molar-refractivity contribution in [3.05, 3.63) is 64.7 Å². The van der Waals surface area contributed by atoms with Crippen molar-refractivity contribution in [1.82, 2.24) is 10.2 Å². The first-order valence-corrected chi connectivity index (χ1v) is 11.7. The first-order valence-electron chi connectivity index (χ1n) is 10.6. The molecule has 0 spiro atoms. The van der Waals surface area contributed by atoms with Crippen LogP contribution in [0.5, 0.6) is 5.75 Å². The molecule has 0 aliphatic rings. The van der Waals surface area contributed by atoms with Gasteiger partial charge in [0.15, 0.2) is 0 Å². The Morgan fingerprint density at radius 3 is 2.32 bits per heavy atom. The molecule has 0 bridgehead atoms. The molecule has 1 N–H and O–H groups in total. The second-order valence-electron chi connectivity index (χ2n) is 8.20. The summed E-state index contributed by atoms with van der Waals surface area (Å²) in [6.45, 7) is 10.1. The Balaban J connectivity index is 2.11. The lowest BCUT2D eigenvalue weighted by Crippen LogP contribution is -2.49. The van der Waals surface area contributed by atoms with Gasteiger partial charge in [0.25, 0.3) is 0 Å². The van der Waals surface area contributed by atoms with E-state index in [1.54, 1.807) is 30.7 Å². The molecule has 0 radical (unpaired) electrons. The lowest BCUT2D eigenvalue weighted by Gasteiger charge is -2.29. The molecular formula is C25H34N2O3S. The third kappa shape index (κ3) is 7.94. The van der Waals surface area contributed by atoms with Crippen LogP contribution in [0.3, 0.4) is 0 Å². The zero-order valence-corrected chi connectivity index (χ0v) is 20.2. The highest BCUT2D eigenvalue weighted by molar-refractivity contribution is 7.99. The Labute approximate surface area is 190 Å². The van der Waals surface area contributed by atoms with Gasteiger partial charge in [0, 0.05) is 18.3 Å². The summed E-state index contributed by atoms with van der Waals surface area (Å²) in [4.78, 5) is 27.5. The molecule has 2 aromatic rings. The monoisotopic (exact) mass is 442 g/mol. The van der Waals surface area contributed by atoms with Gasteiger partial charge in [-0.3, -0.25) is 9.59 Å². The topological polar surface area (TPSA) is 58.6 Å². The predicted molar refractivity (Wildman–Crippen MR) is 128 cm³/mol. The number of hydrogen-bond acceptors (Lipinski definition) is 4. The maximum Gasteiger partial charge on any atom is 0.242 e. The van der Waals surface area contributed by atoms with Crippen molar-refractivity contribution in [2.24, 2.45) is 0 Å². The van der Waals surface area contributed by atoms with Crippen LogP contribution in [-0.2, 0) is 21.9 Å². The molecule has 0 heterocycles. The Hall–Kier alpha value is -2.47. The minimum atomic E-state index is -0.567. The molecule has 5 nitrogen and oxygen atoms in total. The number of benzene rings is 2. The smallest absolute Gasteiger partial charge is 0.242 e. The molecule has 0 saturated heterocycles. The van der Waals surface area contributed by atoms with Gasteiger partial charge in [-0.1, -0.05) is 41.5 Å². The van der Waals surface area contributed by atoms with Crippen LogP contribution in [0.15, 0.2) is 42.5 Å². The van der Waals surface area contributed by atoms with Crippen LogP contribution in [0.1, 0.15) is 43.0 Å². The SMILES string of the molecule is COc1cccc(CN(C(=O)CSCc2cc(C)cc(C)c2)[C@H](C)C(=O)NC(C)C)c1. The van der Waals surface area contributed by atoms with Crippen molar-refractivity contribution in [1.29, 1.82) is 0 Å². The van der Waals surface area contributed by atoms with E-state index in [1.165, 1.54) is 16.7 Å². The fourth-order valence-electron chi connectivity index (χ4n) is 3.45. The number of methoxy groups -OCH3 is 1. The number of nitrogens with one attached hydrogen (secondary N) is 1. The third-order valence-electron chi connectivity index (χ3n) is 4.86. The van der Waals surface area contributed by atoms with Gasteiger partial charge in [0.05, 0.1) is 12.9 Å². The molecule has 0 aliphatic heterocycles. The second kappa shape index (κ2) is 11.8. The molecule has 6 heteroatoms. The number of ether oxygens (including phenoxy) is 1. The van der Waals surface area contributed by atoms with Crippen molar-refractivity contribution in [3.63, 3.8) is 0 Å². The number of carbonyl (C=O) groups is 2. The molecule has 2 amide bonds. The Kier molecular flexibility index (Phi) is 9.44. The molecule has 0 saturated carbocycles. The maximum atomic E-state index is 13.2. The number of aryl methyl sites for hydroxylation is 2. The second-order valence-corrected chi connectivity index (χ2v) is 9.19. The van der Waals surface area contributed by atoms with E-state index in [1.807, 2.05) is 38.1 Å². The molecule has 0 aliphatic carbocycles. The normalized spacial score (nSPS) is 11.8. The minimum absolute atomic E-state index is 0.0163. The molecule has 0 aromatic heterocycles. The summed E-state index contributed by atoms with van der Waals surface area (Å²) >= 11 is 1.57. The van der Waals surface area contributed by atoms with Crippen LogP contribution >= 0.6 is 11.8 Å². The van der Waals surface area contributed by atoms with Crippen molar-refractivity contribution < 1.29 is 14.3 Å². The van der Waals surface area contributed by atoms with E-state index in [2.05, 4.69) is 37.4 Å². The van der Waals surface area contributed by atoms with Gasteiger partial charge in [0.1, 0.15) is 11.8 Å². The van der Waals surface area contributed by atoms with Crippen molar-refractivity contribution in [3.8, 4) is 5.75 Å². The minimum Gasteiger partial charge on any atom is -0.497 e. The highest BCUT2D eigenvalue weighted by atomic mass is 32.2. The lowest BCUT2D eigenvalue weighted by molar-refractivity contribution is -0.138. The number of thioether (sulfide) groups is 1. The van der Waals surface area contributed by atoms with Crippen LogP contribution in [0, 0.1) is 13.8 Å². The lowest BCUT2D eigenvalue weighted by atomic mass is 10.1. The van der Waals surface area contributed by atoms with Crippen LogP contribution < -0.4 is 10.1 Å². The van der Waals surface area contributed by atoms with Gasteiger partial charge in [-0.05, 0) is 57.9 Å². The number of rotatable bonds is 10. The molecule has 2 aromatic carbocycles. The van der Waals surface area contributed by atoms with Crippen molar-refractivity contribution in [2.45, 2.75) is 59.0 Å². The van der Waals surface area contributed by atoms with E-state index in [4.69, 9.17) is 4.74 Å². The van der Waals surface area contributed by atoms with Crippen LogP contribution in [-0.4, -0.2) is 41.7 Å². The molecule has 0 fully saturated rings. The van der Waals surface area contributed by atoms with E-state index in [9.17, 15) is 9.59 Å². The van der Waals surface area contributed by atoms with Crippen molar-refractivity contribution in [2.75, 3.05) is 12.9 Å². The molecule has 0 unspecified atom stereocenters. The molecule has 31 heavy (non-hydrogen) atoms. The van der Waals surface area contributed by atoms with E-state index in [0.29, 0.717) is 12.3 Å². The number of nitrogens with zero attached hydrogens (tertiary/aromatic N) is 1. The summed E-state index contributed by atoms with van der Waals surface area (Å²) < 4.78 is 5.30. The standard InChI is InChI=1S/C25H34N2O3S/c1-17(2)26-25(29)20(5)27(14-21-8-7-9-23(13-21)30-6)24(28)16-31-15-22-11-18(3)10-19(4)12-22/h7-13,17,20H,14-16H2,1-6H3,(H,26,29)/t20-/m1/s1. The van der Waals surface area contributed by atoms with Gasteiger partial charge in [-0.15, -0.1) is 11.8 Å². The van der Waals surface area contributed by atoms with Crippen molar-refractivity contribution >= 4 is 23.6 Å². The predicted octanol–water partition coefficient (Wildman–Crippen LogP) is 4.49. The zero-order chi connectivity index (χ0) is 23.0. The summed E-state index contributed by atoms with van der Waals surface area (Å²) in [6, 6.07) is 13.5. The van der Waals surface area contributed by atoms with E-state index in [0.717, 1.165) is 17.1 Å². The Morgan fingerprint density at radius 1 is 1.03 bits per heavy atom. The fraction of sp³-hybridized carbons (Fsp3) is 0.440. The molecular weight excluding hydrogens is 408 g/mol. The van der Waals surface area contributed by atoms with E-state index >= 15 is 0 Å². The fourth-order valence-corrected chi connectivity index (χ4v) is 4.29. The first kappa shape index (κ1) is 24.8. The summed E-state index contributed by atoms with van der Waals surface area (Å²) in [6.07, 6.45) is 0. The van der Waals surface area contributed by atoms with Gasteiger partial charge >= 0.3 is 0 Å². The number of carbonyl (C=O) groups excluding carboxylic acids is 2. The number of hydrogen-bond donors (Lipinski definition) is 1. The molecule has 2 rings (SSSR count). The Morgan fingerprint density at radius 2 is 1.71 bits per heavy atom. The summed E-state index contributed by atoms with van der Waals surface area (Å²) in [7, 11) is 1.62. The van der Waals surface area contributed by atoms with Gasteiger partial charge in [-0.2, -0.15) is 0 Å².